The number of aromatic nitrogens is 1. The summed E-state index contributed by atoms with van der Waals surface area (Å²) in [6.45, 7) is 6.48. The summed E-state index contributed by atoms with van der Waals surface area (Å²) >= 11 is 0. The Morgan fingerprint density at radius 2 is 1.84 bits per heavy atom. The van der Waals surface area contributed by atoms with E-state index in [9.17, 15) is 13.2 Å². The molecule has 1 fully saturated rings. The average molecular weight is 463 g/mol. The van der Waals surface area contributed by atoms with E-state index in [1.807, 2.05) is 14.1 Å². The van der Waals surface area contributed by atoms with E-state index in [1.165, 1.54) is 9.87 Å². The lowest BCUT2D eigenvalue weighted by atomic mass is 9.96. The molecule has 1 atom stereocenters. The first kappa shape index (κ1) is 24.4. The van der Waals surface area contributed by atoms with E-state index in [0.717, 1.165) is 12.0 Å². The van der Waals surface area contributed by atoms with Gasteiger partial charge in [-0.1, -0.05) is 36.3 Å². The summed E-state index contributed by atoms with van der Waals surface area (Å²) in [5.41, 5.74) is 2.81. The van der Waals surface area contributed by atoms with Crippen LogP contribution in [0.3, 0.4) is 0 Å². The zero-order valence-electron chi connectivity index (χ0n) is 19.6. The minimum absolute atomic E-state index is 0.0172. The smallest absolute Gasteiger partial charge is 0.248 e. The van der Waals surface area contributed by atoms with Gasteiger partial charge in [0.2, 0.25) is 15.9 Å². The lowest BCUT2D eigenvalue weighted by Gasteiger charge is -2.31. The van der Waals surface area contributed by atoms with Gasteiger partial charge in [0.15, 0.2) is 5.76 Å². The van der Waals surface area contributed by atoms with Gasteiger partial charge >= 0.3 is 0 Å². The monoisotopic (exact) mass is 462 g/mol. The van der Waals surface area contributed by atoms with E-state index in [1.54, 1.807) is 13.8 Å². The van der Waals surface area contributed by atoms with Crippen molar-refractivity contribution in [2.75, 3.05) is 33.7 Å². The van der Waals surface area contributed by atoms with Crippen molar-refractivity contribution in [3.05, 3.63) is 46.8 Å². The second-order valence-electron chi connectivity index (χ2n) is 8.65. The Labute approximate surface area is 191 Å². The molecule has 0 saturated carbocycles. The van der Waals surface area contributed by atoms with Gasteiger partial charge in [-0.05, 0) is 58.3 Å². The molecule has 8 nitrogen and oxygen atoms in total. The fourth-order valence-electron chi connectivity index (χ4n) is 4.25. The van der Waals surface area contributed by atoms with Crippen molar-refractivity contribution >= 4 is 15.9 Å². The van der Waals surface area contributed by atoms with Gasteiger partial charge in [-0.2, -0.15) is 4.31 Å². The van der Waals surface area contributed by atoms with Gasteiger partial charge in [-0.3, -0.25) is 4.79 Å². The highest BCUT2D eigenvalue weighted by atomic mass is 32.2. The Balaban J connectivity index is 1.58. The molecule has 1 unspecified atom stereocenters. The minimum atomic E-state index is -3.67. The SMILES string of the molecule is CCc1ccc(C(CNC(=O)C2CCN(S(=O)(=O)c3c(C)noc3C)CC2)N(C)C)cc1. The number of carbonyl (C=O) groups is 1. The third-order valence-electron chi connectivity index (χ3n) is 6.26. The number of hydrogen-bond acceptors (Lipinski definition) is 6. The Hall–Kier alpha value is -2.23. The summed E-state index contributed by atoms with van der Waals surface area (Å²) in [7, 11) is 0.336. The molecule has 0 bridgehead atoms. The van der Waals surface area contributed by atoms with Crippen LogP contribution in [0.4, 0.5) is 0 Å². The maximum absolute atomic E-state index is 13.0. The summed E-state index contributed by atoms with van der Waals surface area (Å²) in [6.07, 6.45) is 1.98. The van der Waals surface area contributed by atoms with Crippen LogP contribution in [0.1, 0.15) is 48.4 Å². The first-order valence-electron chi connectivity index (χ1n) is 11.1. The minimum Gasteiger partial charge on any atom is -0.360 e. The second-order valence-corrected chi connectivity index (χ2v) is 10.5. The molecule has 9 heteroatoms. The van der Waals surface area contributed by atoms with Crippen LogP contribution in [0, 0.1) is 19.8 Å². The van der Waals surface area contributed by atoms with Gasteiger partial charge < -0.3 is 14.7 Å². The van der Waals surface area contributed by atoms with E-state index in [0.29, 0.717) is 43.9 Å². The molecule has 1 aromatic carbocycles. The van der Waals surface area contributed by atoms with Crippen LogP contribution in [0.2, 0.25) is 0 Å². The number of likely N-dealkylation sites (N-methyl/N-ethyl adjacent to an activating group) is 1. The number of nitrogens with one attached hydrogen (secondary N) is 1. The second kappa shape index (κ2) is 10.1. The van der Waals surface area contributed by atoms with E-state index in [4.69, 9.17) is 4.52 Å². The number of amides is 1. The Kier molecular flexibility index (Phi) is 7.74. The zero-order valence-corrected chi connectivity index (χ0v) is 20.4. The number of carbonyl (C=O) groups excluding carboxylic acids is 1. The van der Waals surface area contributed by atoms with Crippen LogP contribution in [0.5, 0.6) is 0 Å². The molecule has 1 aliphatic heterocycles. The van der Waals surface area contributed by atoms with Gasteiger partial charge in [0, 0.05) is 25.6 Å². The summed E-state index contributed by atoms with van der Waals surface area (Å²) in [4.78, 5) is 15.1. The van der Waals surface area contributed by atoms with Crippen LogP contribution in [-0.2, 0) is 21.2 Å². The lowest BCUT2D eigenvalue weighted by Crippen LogP contribution is -2.44. The number of rotatable bonds is 8. The molecule has 1 aromatic heterocycles. The van der Waals surface area contributed by atoms with Crippen LogP contribution in [-0.4, -0.2) is 62.4 Å². The summed E-state index contributed by atoms with van der Waals surface area (Å²) in [5.74, 6) is 0.0804. The predicted molar refractivity (Wildman–Crippen MR) is 123 cm³/mol. The van der Waals surface area contributed by atoms with E-state index in [2.05, 4.69) is 46.6 Å². The topological polar surface area (TPSA) is 95.8 Å². The van der Waals surface area contributed by atoms with Crippen molar-refractivity contribution in [2.24, 2.45) is 5.92 Å². The molecule has 2 aromatic rings. The molecule has 1 saturated heterocycles. The summed E-state index contributed by atoms with van der Waals surface area (Å²) in [6, 6.07) is 8.57. The number of hydrogen-bond donors (Lipinski definition) is 1. The van der Waals surface area contributed by atoms with Crippen LogP contribution in [0.25, 0.3) is 0 Å². The van der Waals surface area contributed by atoms with Gasteiger partial charge in [0.05, 0.1) is 6.04 Å². The first-order valence-corrected chi connectivity index (χ1v) is 12.5. The van der Waals surface area contributed by atoms with E-state index in [-0.39, 0.29) is 22.8 Å². The van der Waals surface area contributed by atoms with Crippen molar-refractivity contribution in [3.8, 4) is 0 Å². The largest absolute Gasteiger partial charge is 0.360 e. The van der Waals surface area contributed by atoms with Gasteiger partial charge in [-0.25, -0.2) is 8.42 Å². The first-order chi connectivity index (χ1) is 15.1. The maximum atomic E-state index is 13.0. The quantitative estimate of drug-likeness (QED) is 0.648. The molecule has 0 spiro atoms. The number of sulfonamides is 1. The average Bonchev–Trinajstić information content (AvgIpc) is 3.12. The van der Waals surface area contributed by atoms with Crippen LogP contribution < -0.4 is 5.32 Å². The molecule has 1 amide bonds. The molecular formula is C23H34N4O4S. The third-order valence-corrected chi connectivity index (χ3v) is 8.40. The Morgan fingerprint density at radius 1 is 1.22 bits per heavy atom. The molecule has 1 N–H and O–H groups in total. The lowest BCUT2D eigenvalue weighted by molar-refractivity contribution is -0.126. The predicted octanol–water partition coefficient (Wildman–Crippen LogP) is 2.67. The highest BCUT2D eigenvalue weighted by molar-refractivity contribution is 7.89. The van der Waals surface area contributed by atoms with Gasteiger partial charge in [-0.15, -0.1) is 0 Å². The van der Waals surface area contributed by atoms with Crippen LogP contribution >= 0.6 is 0 Å². The molecule has 1 aliphatic rings. The molecule has 176 valence electrons. The maximum Gasteiger partial charge on any atom is 0.248 e. The van der Waals surface area contributed by atoms with E-state index >= 15 is 0 Å². The fraction of sp³-hybridized carbons (Fsp3) is 0.565. The Bertz CT molecular complexity index is 1000. The molecule has 0 aliphatic carbocycles. The van der Waals surface area contributed by atoms with Crippen molar-refractivity contribution in [3.63, 3.8) is 0 Å². The number of benzene rings is 1. The molecule has 32 heavy (non-hydrogen) atoms. The highest BCUT2D eigenvalue weighted by Crippen LogP contribution is 2.28. The van der Waals surface area contributed by atoms with Crippen LogP contribution in [0.15, 0.2) is 33.7 Å². The van der Waals surface area contributed by atoms with E-state index < -0.39 is 10.0 Å². The zero-order chi connectivity index (χ0) is 23.5. The molecular weight excluding hydrogens is 428 g/mol. The molecule has 2 heterocycles. The third kappa shape index (κ3) is 5.22. The van der Waals surface area contributed by atoms with Crippen molar-refractivity contribution in [2.45, 2.75) is 51.0 Å². The number of piperidine rings is 1. The number of aryl methyl sites for hydroxylation is 3. The standard InChI is InChI=1S/C23H34N4O4S/c1-6-18-7-9-19(10-8-18)21(26(4)5)15-24-23(28)20-11-13-27(14-12-20)32(29,30)22-16(2)25-31-17(22)3/h7-10,20-21H,6,11-15H2,1-5H3,(H,24,28). The highest BCUT2D eigenvalue weighted by Gasteiger charge is 2.35. The van der Waals surface area contributed by atoms with Crippen molar-refractivity contribution in [1.82, 2.24) is 19.7 Å². The summed E-state index contributed by atoms with van der Waals surface area (Å²) in [5, 5.41) is 6.85. The van der Waals surface area contributed by atoms with Crippen molar-refractivity contribution in [1.29, 1.82) is 0 Å². The fourth-order valence-corrected chi connectivity index (χ4v) is 6.01. The van der Waals surface area contributed by atoms with Crippen molar-refractivity contribution < 1.29 is 17.7 Å². The Morgan fingerprint density at radius 3 is 2.34 bits per heavy atom. The summed E-state index contributed by atoms with van der Waals surface area (Å²) < 4.78 is 32.4. The van der Waals surface area contributed by atoms with Gasteiger partial charge in [0.25, 0.3) is 0 Å². The molecule has 0 radical (unpaired) electrons. The van der Waals surface area contributed by atoms with Gasteiger partial charge in [0.1, 0.15) is 10.6 Å². The number of nitrogens with zero attached hydrogens (tertiary/aromatic N) is 3. The molecule has 3 rings (SSSR count). The normalized spacial score (nSPS) is 16.9.